The van der Waals surface area contributed by atoms with Crippen LogP contribution in [0.15, 0.2) is 28.2 Å². The third kappa shape index (κ3) is 4.34. The van der Waals surface area contributed by atoms with Gasteiger partial charge in [-0.2, -0.15) is 0 Å². The van der Waals surface area contributed by atoms with Crippen LogP contribution in [-0.2, 0) is 11.3 Å². The van der Waals surface area contributed by atoms with Gasteiger partial charge in [0.1, 0.15) is 0 Å². The van der Waals surface area contributed by atoms with E-state index in [-0.39, 0.29) is 11.9 Å². The molecular formula is C19H26N4O2S. The van der Waals surface area contributed by atoms with Gasteiger partial charge in [-0.05, 0) is 56.8 Å². The Morgan fingerprint density at radius 1 is 1.42 bits per heavy atom. The molecule has 2 aliphatic heterocycles. The van der Waals surface area contributed by atoms with Crippen LogP contribution in [0.5, 0.6) is 0 Å². The summed E-state index contributed by atoms with van der Waals surface area (Å²) in [6, 6.07) is 3.85. The molecule has 0 radical (unpaired) electrons. The Labute approximate surface area is 158 Å². The van der Waals surface area contributed by atoms with Gasteiger partial charge >= 0.3 is 0 Å². The number of nitrogens with one attached hydrogen (secondary N) is 2. The highest BCUT2D eigenvalue weighted by Gasteiger charge is 2.25. The highest BCUT2D eigenvalue weighted by atomic mass is 32.1. The molecule has 6 nitrogen and oxygen atoms in total. The molecule has 2 aliphatic rings. The molecule has 2 atom stereocenters. The van der Waals surface area contributed by atoms with Crippen LogP contribution in [-0.4, -0.2) is 48.0 Å². The van der Waals surface area contributed by atoms with Crippen molar-refractivity contribution < 1.29 is 9.21 Å². The van der Waals surface area contributed by atoms with Gasteiger partial charge in [0.25, 0.3) is 0 Å². The highest BCUT2D eigenvalue weighted by Crippen LogP contribution is 2.25. The topological polar surface area (TPSA) is 70.4 Å². The third-order valence-corrected chi connectivity index (χ3v) is 6.12. The van der Waals surface area contributed by atoms with Gasteiger partial charge in [-0.15, -0.1) is 11.3 Å². The van der Waals surface area contributed by atoms with Crippen molar-refractivity contribution >= 4 is 17.2 Å². The summed E-state index contributed by atoms with van der Waals surface area (Å²) in [6.45, 7) is 4.73. The number of hydrogen-bond donors (Lipinski definition) is 2. The van der Waals surface area contributed by atoms with Crippen molar-refractivity contribution in [2.75, 3.05) is 26.2 Å². The van der Waals surface area contributed by atoms with Crippen molar-refractivity contribution in [2.24, 2.45) is 5.92 Å². The Hall–Kier alpha value is -1.70. The number of furan rings is 1. The van der Waals surface area contributed by atoms with E-state index >= 15 is 0 Å². The molecule has 4 heterocycles. The summed E-state index contributed by atoms with van der Waals surface area (Å²) in [5.41, 5.74) is 1.10. The van der Waals surface area contributed by atoms with Crippen molar-refractivity contribution in [2.45, 2.75) is 38.3 Å². The molecule has 2 N–H and O–H groups in total. The molecule has 2 saturated heterocycles. The number of amides is 1. The molecule has 4 rings (SSSR count). The third-order valence-electron chi connectivity index (χ3n) is 5.21. The summed E-state index contributed by atoms with van der Waals surface area (Å²) in [5.74, 6) is 1.53. The maximum absolute atomic E-state index is 12.2. The number of carbonyl (C=O) groups is 1. The van der Waals surface area contributed by atoms with Gasteiger partial charge in [0.15, 0.2) is 10.8 Å². The van der Waals surface area contributed by atoms with Gasteiger partial charge in [0.05, 0.1) is 18.0 Å². The minimum atomic E-state index is 0.0183. The Balaban J connectivity index is 1.26. The van der Waals surface area contributed by atoms with Crippen LogP contribution in [0.3, 0.4) is 0 Å². The fourth-order valence-electron chi connectivity index (χ4n) is 3.86. The zero-order valence-electron chi connectivity index (χ0n) is 14.9. The molecular weight excluding hydrogens is 348 g/mol. The predicted octanol–water partition coefficient (Wildman–Crippen LogP) is 2.48. The molecule has 2 aromatic rings. The second-order valence-electron chi connectivity index (χ2n) is 7.26. The van der Waals surface area contributed by atoms with Crippen molar-refractivity contribution in [1.29, 1.82) is 0 Å². The molecule has 0 aliphatic carbocycles. The second kappa shape index (κ2) is 8.33. The Morgan fingerprint density at radius 3 is 3.19 bits per heavy atom. The molecule has 1 amide bonds. The van der Waals surface area contributed by atoms with E-state index < -0.39 is 0 Å². The summed E-state index contributed by atoms with van der Waals surface area (Å²) in [4.78, 5) is 19.3. The number of thiazole rings is 1. The monoisotopic (exact) mass is 374 g/mol. The Morgan fingerprint density at radius 2 is 2.38 bits per heavy atom. The highest BCUT2D eigenvalue weighted by molar-refractivity contribution is 7.13. The molecule has 0 bridgehead atoms. The first-order valence-corrected chi connectivity index (χ1v) is 10.4. The Bertz CT molecular complexity index is 709. The second-order valence-corrected chi connectivity index (χ2v) is 8.12. The number of carbonyl (C=O) groups excluding carboxylic acids is 1. The lowest BCUT2D eigenvalue weighted by atomic mass is 9.97. The van der Waals surface area contributed by atoms with Crippen molar-refractivity contribution in [1.82, 2.24) is 20.5 Å². The first-order valence-electron chi connectivity index (χ1n) is 9.49. The first-order chi connectivity index (χ1) is 12.8. The van der Waals surface area contributed by atoms with Gasteiger partial charge in [0.2, 0.25) is 5.91 Å². The maximum Gasteiger partial charge on any atom is 0.237 e. The van der Waals surface area contributed by atoms with E-state index in [2.05, 4.69) is 20.9 Å². The lowest BCUT2D eigenvalue weighted by molar-refractivity contribution is -0.123. The van der Waals surface area contributed by atoms with E-state index in [4.69, 9.17) is 9.40 Å². The van der Waals surface area contributed by atoms with Crippen molar-refractivity contribution in [3.8, 4) is 10.8 Å². The normalized spacial score (nSPS) is 24.0. The zero-order valence-corrected chi connectivity index (χ0v) is 15.8. The van der Waals surface area contributed by atoms with Crippen LogP contribution in [0.2, 0.25) is 0 Å². The van der Waals surface area contributed by atoms with E-state index in [1.165, 1.54) is 12.8 Å². The molecule has 140 valence electrons. The minimum Gasteiger partial charge on any atom is -0.462 e. The number of aromatic nitrogens is 1. The average Bonchev–Trinajstić information content (AvgIpc) is 3.41. The predicted molar refractivity (Wildman–Crippen MR) is 102 cm³/mol. The Kier molecular flexibility index (Phi) is 5.67. The lowest BCUT2D eigenvalue weighted by Crippen LogP contribution is -2.45. The van der Waals surface area contributed by atoms with Gasteiger partial charge in [-0.3, -0.25) is 9.69 Å². The van der Waals surface area contributed by atoms with E-state index in [0.717, 1.165) is 62.0 Å². The van der Waals surface area contributed by atoms with Gasteiger partial charge < -0.3 is 15.1 Å². The van der Waals surface area contributed by atoms with Crippen LogP contribution >= 0.6 is 11.3 Å². The maximum atomic E-state index is 12.2. The molecule has 2 unspecified atom stereocenters. The van der Waals surface area contributed by atoms with E-state index in [1.54, 1.807) is 17.6 Å². The SMILES string of the molecule is O=C(NCC1CCCN(Cc2csc(-c3ccco3)n2)C1)C1CCCN1. The van der Waals surface area contributed by atoms with Crippen LogP contribution in [0.1, 0.15) is 31.4 Å². The molecule has 2 aromatic heterocycles. The van der Waals surface area contributed by atoms with Crippen LogP contribution in [0, 0.1) is 5.92 Å². The van der Waals surface area contributed by atoms with Crippen molar-refractivity contribution in [3.63, 3.8) is 0 Å². The average molecular weight is 375 g/mol. The van der Waals surface area contributed by atoms with Gasteiger partial charge in [-0.1, -0.05) is 0 Å². The zero-order chi connectivity index (χ0) is 17.8. The summed E-state index contributed by atoms with van der Waals surface area (Å²) >= 11 is 1.63. The number of hydrogen-bond acceptors (Lipinski definition) is 6. The van der Waals surface area contributed by atoms with E-state index in [1.807, 2.05) is 12.1 Å². The standard InChI is InChI=1S/C19H26N4O2S/c24-18(16-5-1-7-20-16)21-10-14-4-2-8-23(11-14)12-15-13-26-19(22-15)17-6-3-9-25-17/h3,6,9,13-14,16,20H,1-2,4-5,7-8,10-12H2,(H,21,24). The molecule has 2 fully saturated rings. The van der Waals surface area contributed by atoms with Crippen LogP contribution in [0.25, 0.3) is 10.8 Å². The fourth-order valence-corrected chi connectivity index (χ4v) is 4.64. The van der Waals surface area contributed by atoms with E-state index in [0.29, 0.717) is 5.92 Å². The summed E-state index contributed by atoms with van der Waals surface area (Å²) in [6.07, 6.45) is 6.11. The quantitative estimate of drug-likeness (QED) is 0.813. The molecule has 0 spiro atoms. The minimum absolute atomic E-state index is 0.0183. The van der Waals surface area contributed by atoms with Gasteiger partial charge in [-0.25, -0.2) is 4.98 Å². The van der Waals surface area contributed by atoms with Crippen molar-refractivity contribution in [3.05, 3.63) is 29.5 Å². The summed E-state index contributed by atoms with van der Waals surface area (Å²) in [7, 11) is 0. The summed E-state index contributed by atoms with van der Waals surface area (Å²) in [5, 5.41) is 9.47. The number of nitrogens with zero attached hydrogens (tertiary/aromatic N) is 2. The van der Waals surface area contributed by atoms with Crippen LogP contribution < -0.4 is 10.6 Å². The lowest BCUT2D eigenvalue weighted by Gasteiger charge is -2.32. The first kappa shape index (κ1) is 17.7. The summed E-state index contributed by atoms with van der Waals surface area (Å²) < 4.78 is 5.43. The molecule has 0 saturated carbocycles. The molecule has 26 heavy (non-hydrogen) atoms. The number of rotatable bonds is 6. The molecule has 0 aromatic carbocycles. The van der Waals surface area contributed by atoms with Crippen LogP contribution in [0.4, 0.5) is 0 Å². The number of likely N-dealkylation sites (tertiary alicyclic amines) is 1. The van der Waals surface area contributed by atoms with Gasteiger partial charge in [0, 0.05) is 25.0 Å². The van der Waals surface area contributed by atoms with E-state index in [9.17, 15) is 4.79 Å². The number of piperidine rings is 1. The largest absolute Gasteiger partial charge is 0.462 e. The smallest absolute Gasteiger partial charge is 0.237 e. The fraction of sp³-hybridized carbons (Fsp3) is 0.579. The molecule has 7 heteroatoms.